The second-order valence-electron chi connectivity index (χ2n) is 11.4. The van der Waals surface area contributed by atoms with Gasteiger partial charge in [-0.1, -0.05) is 68.4 Å². The minimum atomic E-state index is -0.0204. The van der Waals surface area contributed by atoms with Gasteiger partial charge in [0.15, 0.2) is 0 Å². The molecule has 0 fully saturated rings. The van der Waals surface area contributed by atoms with Crippen LogP contribution in [0.2, 0.25) is 0 Å². The molecule has 6 nitrogen and oxygen atoms in total. The minimum absolute atomic E-state index is 0. The predicted octanol–water partition coefficient (Wildman–Crippen LogP) is 8.28. The van der Waals surface area contributed by atoms with E-state index in [1.807, 2.05) is 71.7 Å². The number of hydrogen-bond acceptors (Lipinski definition) is 2. The average molecular weight is 753 g/mol. The molecule has 0 N–H and O–H groups in total. The summed E-state index contributed by atoms with van der Waals surface area (Å²) in [5.41, 5.74) is 5.16. The van der Waals surface area contributed by atoms with Crippen LogP contribution in [0.4, 0.5) is 5.69 Å². The number of fused-ring (bicyclic) bond motifs is 3. The maximum Gasteiger partial charge on any atom is 0.267 e. The summed E-state index contributed by atoms with van der Waals surface area (Å²) in [6.45, 7) is 14.3. The molecule has 0 aliphatic heterocycles. The molecule has 3 heterocycles. The quantitative estimate of drug-likeness (QED) is 0.131. The smallest absolute Gasteiger partial charge is 0.267 e. The van der Waals surface area contributed by atoms with Crippen molar-refractivity contribution in [1.82, 2.24) is 14.1 Å². The minimum Gasteiger partial charge on any atom is -0.511 e. The Labute approximate surface area is 270 Å². The molecule has 0 atom stereocenters. The Hall–Kier alpha value is -4.98. The van der Waals surface area contributed by atoms with Gasteiger partial charge in [-0.05, 0) is 52.4 Å². The topological polar surface area (TPSA) is 40.2 Å². The van der Waals surface area contributed by atoms with Crippen LogP contribution >= 0.6 is 0 Å². The summed E-state index contributed by atoms with van der Waals surface area (Å²) in [4.78, 5) is 8.43. The van der Waals surface area contributed by atoms with Gasteiger partial charge >= 0.3 is 0 Å². The summed E-state index contributed by atoms with van der Waals surface area (Å²) < 4.78 is 12.1. The molecule has 0 bridgehead atoms. The third-order valence-corrected chi connectivity index (χ3v) is 7.44. The fourth-order valence-electron chi connectivity index (χ4n) is 5.24. The van der Waals surface area contributed by atoms with Gasteiger partial charge in [0.05, 0.1) is 17.9 Å². The Bertz CT molecular complexity index is 2170. The molecule has 7 aromatic rings. The molecule has 7 rings (SSSR count). The van der Waals surface area contributed by atoms with Crippen molar-refractivity contribution < 1.29 is 30.4 Å². The molecule has 0 aliphatic rings. The van der Waals surface area contributed by atoms with E-state index >= 15 is 0 Å². The van der Waals surface area contributed by atoms with Gasteiger partial charge in [-0.25, -0.2) is 4.98 Å². The normalized spacial score (nSPS) is 11.3. The Morgan fingerprint density at radius 1 is 0.864 bits per heavy atom. The SMILES string of the molecule is [C-]#[N+]c1cc(Oc2[c-]c3c(cc2)c2ccccc2n3-c2cc(C(C)(C)C)ccn2)[c-]c(-[n+]2[c-]n(-c3ccccc3)cc2)c1.[Pt]. The number of para-hydroxylation sites is 2. The van der Waals surface area contributed by atoms with Gasteiger partial charge in [-0.2, -0.15) is 12.1 Å². The maximum atomic E-state index is 7.69. The molecule has 0 saturated carbocycles. The van der Waals surface area contributed by atoms with Crippen molar-refractivity contribution in [1.29, 1.82) is 0 Å². The van der Waals surface area contributed by atoms with E-state index < -0.39 is 0 Å². The van der Waals surface area contributed by atoms with Crippen LogP contribution in [0.25, 0.3) is 43.8 Å². The predicted molar refractivity (Wildman–Crippen MR) is 167 cm³/mol. The molecular weight excluding hydrogens is 726 g/mol. The Morgan fingerprint density at radius 2 is 1.66 bits per heavy atom. The summed E-state index contributed by atoms with van der Waals surface area (Å²) in [7, 11) is 0. The molecule has 7 heteroatoms. The summed E-state index contributed by atoms with van der Waals surface area (Å²) in [6.07, 6.45) is 8.95. The Balaban J connectivity index is 0.00000343. The molecule has 3 aromatic heterocycles. The van der Waals surface area contributed by atoms with E-state index in [0.29, 0.717) is 22.9 Å². The maximum absolute atomic E-state index is 7.69. The van der Waals surface area contributed by atoms with Gasteiger partial charge in [0, 0.05) is 50.9 Å². The summed E-state index contributed by atoms with van der Waals surface area (Å²) in [5.74, 6) is 1.76. The first-order valence-electron chi connectivity index (χ1n) is 14.0. The number of pyridine rings is 1. The van der Waals surface area contributed by atoms with Crippen molar-refractivity contribution in [3.8, 4) is 28.7 Å². The van der Waals surface area contributed by atoms with E-state index in [-0.39, 0.29) is 26.5 Å². The number of benzene rings is 4. The van der Waals surface area contributed by atoms with Crippen molar-refractivity contribution in [2.75, 3.05) is 0 Å². The Morgan fingerprint density at radius 3 is 2.45 bits per heavy atom. The van der Waals surface area contributed by atoms with Crippen LogP contribution < -0.4 is 9.30 Å². The van der Waals surface area contributed by atoms with Gasteiger partial charge in [0.25, 0.3) is 6.33 Å². The summed E-state index contributed by atoms with van der Waals surface area (Å²) in [5, 5.41) is 2.17. The summed E-state index contributed by atoms with van der Waals surface area (Å²) in [6, 6.07) is 36.7. The van der Waals surface area contributed by atoms with Crippen molar-refractivity contribution >= 4 is 27.5 Å². The third kappa shape index (κ3) is 5.43. The molecule has 0 spiro atoms. The fourth-order valence-corrected chi connectivity index (χ4v) is 5.24. The molecule has 4 aromatic carbocycles. The van der Waals surface area contributed by atoms with Gasteiger partial charge in [0.2, 0.25) is 0 Å². The van der Waals surface area contributed by atoms with Crippen LogP contribution in [-0.4, -0.2) is 14.1 Å². The van der Waals surface area contributed by atoms with Crippen LogP contribution in [0.15, 0.2) is 110 Å². The second kappa shape index (κ2) is 11.6. The van der Waals surface area contributed by atoms with E-state index in [1.54, 1.807) is 16.7 Å². The first-order valence-corrected chi connectivity index (χ1v) is 14.0. The molecule has 0 radical (unpaired) electrons. The van der Waals surface area contributed by atoms with Gasteiger partial charge < -0.3 is 13.9 Å². The number of nitrogens with zero attached hydrogens (tertiary/aromatic N) is 5. The zero-order valence-corrected chi connectivity index (χ0v) is 26.6. The molecule has 218 valence electrons. The van der Waals surface area contributed by atoms with Crippen molar-refractivity contribution in [2.24, 2.45) is 0 Å². The van der Waals surface area contributed by atoms with E-state index in [4.69, 9.17) is 16.3 Å². The first kappa shape index (κ1) is 29.1. The molecule has 0 amide bonds. The van der Waals surface area contributed by atoms with E-state index in [0.717, 1.165) is 33.3 Å². The third-order valence-electron chi connectivity index (χ3n) is 7.44. The number of imidazole rings is 1. The van der Waals surface area contributed by atoms with Crippen molar-refractivity contribution in [3.63, 3.8) is 0 Å². The van der Waals surface area contributed by atoms with Crippen LogP contribution in [0, 0.1) is 25.0 Å². The van der Waals surface area contributed by atoms with Gasteiger partial charge in [-0.15, -0.1) is 29.7 Å². The number of hydrogen-bond donors (Lipinski definition) is 0. The van der Waals surface area contributed by atoms with Crippen LogP contribution in [0.3, 0.4) is 0 Å². The summed E-state index contributed by atoms with van der Waals surface area (Å²) >= 11 is 0. The standard InChI is InChI=1S/C37H27N5O.Pt/c1-37(2,3)26-16-17-39-36(20-26)42-34-13-9-8-12-32(34)33-15-14-30(24-35(33)42)43-31-22-27(38-4)21-29(23-31)41-19-18-40(25-41)28-10-6-5-7-11-28;/h5-22H,1-3H3;/q-2;. The fraction of sp³-hybridized carbons (Fsp3) is 0.108. The molecule has 0 saturated heterocycles. The van der Waals surface area contributed by atoms with Crippen molar-refractivity contribution in [2.45, 2.75) is 26.2 Å². The number of aromatic nitrogens is 4. The second-order valence-corrected chi connectivity index (χ2v) is 11.4. The molecule has 44 heavy (non-hydrogen) atoms. The zero-order chi connectivity index (χ0) is 29.6. The average Bonchev–Trinajstić information content (AvgIpc) is 3.64. The molecule has 0 aliphatic carbocycles. The Kier molecular flexibility index (Phi) is 7.67. The molecule has 0 unspecified atom stereocenters. The van der Waals surface area contributed by atoms with Gasteiger partial charge in [0.1, 0.15) is 5.82 Å². The number of ether oxygens (including phenoxy) is 1. The monoisotopic (exact) mass is 752 g/mol. The van der Waals surface area contributed by atoms with Crippen molar-refractivity contribution in [3.05, 3.63) is 145 Å². The number of rotatable bonds is 5. The van der Waals surface area contributed by atoms with Crippen LogP contribution in [0.1, 0.15) is 26.3 Å². The van der Waals surface area contributed by atoms with E-state index in [2.05, 4.69) is 79.0 Å². The first-order chi connectivity index (χ1) is 20.9. The van der Waals surface area contributed by atoms with Crippen LogP contribution in [-0.2, 0) is 26.5 Å². The largest absolute Gasteiger partial charge is 0.511 e. The molecular formula is C37H27N5OPt-2. The van der Waals surface area contributed by atoms with E-state index in [1.165, 1.54) is 5.56 Å². The van der Waals surface area contributed by atoms with E-state index in [9.17, 15) is 0 Å². The van der Waals surface area contributed by atoms with Crippen LogP contribution in [0.5, 0.6) is 11.5 Å². The van der Waals surface area contributed by atoms with Gasteiger partial charge in [-0.3, -0.25) is 9.41 Å². The zero-order valence-electron chi connectivity index (χ0n) is 24.4.